The van der Waals surface area contributed by atoms with E-state index in [1.54, 1.807) is 34.6 Å². The smallest absolute Gasteiger partial charge is 0.203 e. The van der Waals surface area contributed by atoms with Crippen LogP contribution in [0.5, 0.6) is 17.2 Å². The maximum atomic E-state index is 5.41. The van der Waals surface area contributed by atoms with E-state index in [9.17, 15) is 0 Å². The van der Waals surface area contributed by atoms with Crippen LogP contribution in [0.2, 0.25) is 0 Å². The van der Waals surface area contributed by atoms with Crippen molar-refractivity contribution in [3.05, 3.63) is 66.2 Å². The molecule has 0 aliphatic heterocycles. The Morgan fingerprint density at radius 1 is 1.03 bits per heavy atom. The molecule has 3 aromatic rings. The van der Waals surface area contributed by atoms with E-state index in [1.807, 2.05) is 36.5 Å². The highest BCUT2D eigenvalue weighted by Gasteiger charge is 2.14. The van der Waals surface area contributed by atoms with Gasteiger partial charge in [-0.25, -0.2) is 4.98 Å². The zero-order chi connectivity index (χ0) is 21.3. The summed E-state index contributed by atoms with van der Waals surface area (Å²) >= 11 is 0. The molecule has 2 N–H and O–H groups in total. The van der Waals surface area contributed by atoms with E-state index in [0.717, 1.165) is 18.1 Å². The zero-order valence-electron chi connectivity index (χ0n) is 18.1. The number of aliphatic imine (C=N–C) groups is 1. The molecule has 2 aromatic carbocycles. The molecule has 0 saturated carbocycles. The van der Waals surface area contributed by atoms with Crippen molar-refractivity contribution in [2.75, 3.05) is 33.7 Å². The first kappa shape index (κ1) is 24.3. The van der Waals surface area contributed by atoms with Crippen molar-refractivity contribution < 1.29 is 14.2 Å². The summed E-state index contributed by atoms with van der Waals surface area (Å²) in [5, 5.41) is 6.54. The molecular formula is C22H28IN5O3. The number of hydrogen-bond acceptors (Lipinski definition) is 5. The van der Waals surface area contributed by atoms with E-state index < -0.39 is 0 Å². The molecule has 0 radical (unpaired) electrons. The molecule has 0 unspecified atom stereocenters. The summed E-state index contributed by atoms with van der Waals surface area (Å²) in [5.74, 6) is 3.17. The predicted octanol–water partition coefficient (Wildman–Crippen LogP) is 3.76. The van der Waals surface area contributed by atoms with Crippen molar-refractivity contribution >= 4 is 35.6 Å². The van der Waals surface area contributed by atoms with Gasteiger partial charge in [-0.3, -0.25) is 4.99 Å². The second-order valence-electron chi connectivity index (χ2n) is 6.42. The molecule has 8 nitrogen and oxygen atoms in total. The lowest BCUT2D eigenvalue weighted by Crippen LogP contribution is -2.31. The number of methoxy groups -OCH3 is 3. The van der Waals surface area contributed by atoms with Crippen LogP contribution in [0.3, 0.4) is 0 Å². The van der Waals surface area contributed by atoms with Gasteiger partial charge in [0.1, 0.15) is 5.82 Å². The third-order valence-electron chi connectivity index (χ3n) is 4.56. The average molecular weight is 537 g/mol. The fourth-order valence-corrected chi connectivity index (χ4v) is 3.06. The summed E-state index contributed by atoms with van der Waals surface area (Å²) in [5.41, 5.74) is 1.97. The van der Waals surface area contributed by atoms with Gasteiger partial charge in [-0.1, -0.05) is 30.3 Å². The number of hydrogen-bond donors (Lipinski definition) is 2. The lowest BCUT2D eigenvalue weighted by molar-refractivity contribution is 0.324. The Bertz CT molecular complexity index is 967. The Balaban J connectivity index is 0.00000341. The number of halogens is 1. The molecule has 0 fully saturated rings. The van der Waals surface area contributed by atoms with Crippen molar-refractivity contribution in [3.8, 4) is 17.2 Å². The van der Waals surface area contributed by atoms with E-state index in [2.05, 4.69) is 37.3 Å². The lowest BCUT2D eigenvalue weighted by Gasteiger charge is -2.16. The summed E-state index contributed by atoms with van der Waals surface area (Å²) < 4.78 is 18.3. The molecule has 9 heteroatoms. The minimum atomic E-state index is 0. The summed E-state index contributed by atoms with van der Waals surface area (Å²) in [7, 11) is 6.46. The second-order valence-corrected chi connectivity index (χ2v) is 6.42. The monoisotopic (exact) mass is 537 g/mol. The Kier molecular flexibility index (Phi) is 9.44. The van der Waals surface area contributed by atoms with E-state index >= 15 is 0 Å². The van der Waals surface area contributed by atoms with Gasteiger partial charge in [0.25, 0.3) is 0 Å². The topological polar surface area (TPSA) is 81.9 Å². The number of ether oxygens (including phenoxy) is 3. The summed E-state index contributed by atoms with van der Waals surface area (Å²) in [6, 6.07) is 13.9. The lowest BCUT2D eigenvalue weighted by atomic mass is 10.2. The van der Waals surface area contributed by atoms with Crippen molar-refractivity contribution in [2.45, 2.75) is 13.1 Å². The number of rotatable bonds is 8. The van der Waals surface area contributed by atoms with E-state index in [1.165, 1.54) is 5.56 Å². The number of imidazole rings is 1. The van der Waals surface area contributed by atoms with Crippen LogP contribution in [0.4, 0.5) is 5.69 Å². The van der Waals surface area contributed by atoms with Gasteiger partial charge in [0, 0.05) is 43.8 Å². The second kappa shape index (κ2) is 12.0. The van der Waals surface area contributed by atoms with Gasteiger partial charge in [0.2, 0.25) is 5.75 Å². The summed E-state index contributed by atoms with van der Waals surface area (Å²) in [6.45, 7) is 1.28. The summed E-state index contributed by atoms with van der Waals surface area (Å²) in [4.78, 5) is 8.76. The minimum Gasteiger partial charge on any atom is -0.493 e. The molecule has 1 heterocycles. The number of anilines is 1. The molecule has 0 bridgehead atoms. The van der Waals surface area contributed by atoms with Crippen molar-refractivity contribution in [2.24, 2.45) is 4.99 Å². The molecule has 0 saturated heterocycles. The van der Waals surface area contributed by atoms with Gasteiger partial charge >= 0.3 is 0 Å². The van der Waals surface area contributed by atoms with Crippen LogP contribution < -0.4 is 24.8 Å². The molecule has 1 aromatic heterocycles. The third-order valence-corrected chi connectivity index (χ3v) is 4.56. The number of guanidine groups is 1. The fraction of sp³-hybridized carbons (Fsp3) is 0.273. The SMILES string of the molecule is CN=C(NCc1nccn1Cc1ccccc1)Nc1cc(OC)c(OC)c(OC)c1.I. The Hall–Kier alpha value is -2.95. The Labute approximate surface area is 199 Å². The predicted molar refractivity (Wildman–Crippen MR) is 133 cm³/mol. The number of nitrogens with zero attached hydrogens (tertiary/aromatic N) is 3. The maximum absolute atomic E-state index is 5.41. The minimum absolute atomic E-state index is 0. The van der Waals surface area contributed by atoms with Gasteiger partial charge in [-0.2, -0.15) is 0 Å². The molecule has 31 heavy (non-hydrogen) atoms. The van der Waals surface area contributed by atoms with Gasteiger partial charge in [0.15, 0.2) is 17.5 Å². The number of benzene rings is 2. The zero-order valence-corrected chi connectivity index (χ0v) is 20.4. The maximum Gasteiger partial charge on any atom is 0.203 e. The molecule has 166 valence electrons. The highest BCUT2D eigenvalue weighted by molar-refractivity contribution is 14.0. The largest absolute Gasteiger partial charge is 0.493 e. The van der Waals surface area contributed by atoms with Crippen LogP contribution in [-0.2, 0) is 13.1 Å². The molecule has 3 rings (SSSR count). The molecule has 0 amide bonds. The van der Waals surface area contributed by atoms with Crippen molar-refractivity contribution in [1.82, 2.24) is 14.9 Å². The average Bonchev–Trinajstić information content (AvgIpc) is 3.23. The van der Waals surface area contributed by atoms with Gasteiger partial charge in [-0.05, 0) is 5.56 Å². The number of aromatic nitrogens is 2. The molecule has 0 aliphatic rings. The van der Waals surface area contributed by atoms with Crippen LogP contribution in [0.25, 0.3) is 0 Å². The quantitative estimate of drug-likeness (QED) is 0.259. The van der Waals surface area contributed by atoms with Crippen molar-refractivity contribution in [1.29, 1.82) is 0 Å². The Morgan fingerprint density at radius 2 is 1.71 bits per heavy atom. The Morgan fingerprint density at radius 3 is 2.29 bits per heavy atom. The van der Waals surface area contributed by atoms with Gasteiger partial charge in [-0.15, -0.1) is 24.0 Å². The molecule has 0 spiro atoms. The van der Waals surface area contributed by atoms with Crippen LogP contribution in [0.1, 0.15) is 11.4 Å². The standard InChI is InChI=1S/C22H27N5O3.HI/c1-23-22(26-17-12-18(28-2)21(30-4)19(13-17)29-3)25-14-20-24-10-11-27(20)15-16-8-6-5-7-9-16;/h5-13H,14-15H2,1-4H3,(H2,23,25,26);1H. The van der Waals surface area contributed by atoms with Gasteiger partial charge < -0.3 is 29.4 Å². The van der Waals surface area contributed by atoms with Crippen LogP contribution in [0, 0.1) is 0 Å². The van der Waals surface area contributed by atoms with E-state index in [0.29, 0.717) is 29.8 Å². The molecule has 0 atom stereocenters. The van der Waals surface area contributed by atoms with Gasteiger partial charge in [0.05, 0.1) is 27.9 Å². The van der Waals surface area contributed by atoms with Crippen LogP contribution in [0.15, 0.2) is 59.9 Å². The highest BCUT2D eigenvalue weighted by atomic mass is 127. The number of nitrogens with one attached hydrogen (secondary N) is 2. The normalized spacial score (nSPS) is 10.8. The molecular weight excluding hydrogens is 509 g/mol. The molecule has 0 aliphatic carbocycles. The first-order valence-electron chi connectivity index (χ1n) is 9.50. The van der Waals surface area contributed by atoms with Crippen LogP contribution in [-0.4, -0.2) is 43.9 Å². The fourth-order valence-electron chi connectivity index (χ4n) is 3.06. The van der Waals surface area contributed by atoms with E-state index in [-0.39, 0.29) is 24.0 Å². The summed E-state index contributed by atoms with van der Waals surface area (Å²) in [6.07, 6.45) is 3.77. The highest BCUT2D eigenvalue weighted by Crippen LogP contribution is 2.39. The third kappa shape index (κ3) is 6.27. The first-order valence-corrected chi connectivity index (χ1v) is 9.50. The first-order chi connectivity index (χ1) is 14.7. The van der Waals surface area contributed by atoms with E-state index in [4.69, 9.17) is 14.2 Å². The van der Waals surface area contributed by atoms with Crippen molar-refractivity contribution in [3.63, 3.8) is 0 Å². The van der Waals surface area contributed by atoms with Crippen LogP contribution >= 0.6 is 24.0 Å².